The Morgan fingerprint density at radius 2 is 1.93 bits per heavy atom. The van der Waals surface area contributed by atoms with Gasteiger partial charge < -0.3 is 24.8 Å². The summed E-state index contributed by atoms with van der Waals surface area (Å²) in [5.41, 5.74) is 0.261. The molecule has 0 saturated carbocycles. The number of aromatic hydroxyl groups is 1. The summed E-state index contributed by atoms with van der Waals surface area (Å²) < 4.78 is 44.1. The number of aromatic nitrogens is 2. The van der Waals surface area contributed by atoms with Gasteiger partial charge in [0, 0.05) is 59.5 Å². The van der Waals surface area contributed by atoms with Crippen LogP contribution in [0.25, 0.3) is 32.8 Å². The molecule has 0 spiro atoms. The van der Waals surface area contributed by atoms with Crippen molar-refractivity contribution in [3.63, 3.8) is 0 Å². The van der Waals surface area contributed by atoms with Gasteiger partial charge in [0.05, 0.1) is 17.7 Å². The number of piperazine rings is 1. The molecule has 2 bridgehead atoms. The lowest BCUT2D eigenvalue weighted by molar-refractivity contribution is 0.107. The predicted molar refractivity (Wildman–Crippen MR) is 171 cm³/mol. The first-order valence-corrected chi connectivity index (χ1v) is 16.3. The molecule has 4 aromatic rings. The summed E-state index contributed by atoms with van der Waals surface area (Å²) in [5.74, 6) is 0.272. The van der Waals surface area contributed by atoms with Gasteiger partial charge in [0.2, 0.25) is 0 Å². The van der Waals surface area contributed by atoms with Crippen molar-refractivity contribution in [1.29, 1.82) is 0 Å². The fourth-order valence-corrected chi connectivity index (χ4v) is 8.46. The van der Waals surface area contributed by atoms with Crippen LogP contribution >= 0.6 is 11.6 Å². The van der Waals surface area contributed by atoms with E-state index in [4.69, 9.17) is 26.1 Å². The number of nitrogens with zero attached hydrogens (tertiary/aromatic N) is 4. The van der Waals surface area contributed by atoms with Crippen molar-refractivity contribution < 1.29 is 23.4 Å². The van der Waals surface area contributed by atoms with E-state index >= 15 is 4.39 Å². The van der Waals surface area contributed by atoms with E-state index in [0.29, 0.717) is 70.0 Å². The Kier molecular flexibility index (Phi) is 7.15. The van der Waals surface area contributed by atoms with Gasteiger partial charge >= 0.3 is 6.01 Å². The molecule has 11 heteroatoms. The Balaban J connectivity index is 1.31. The molecular weight excluding hydrogens is 600 g/mol. The molecule has 4 saturated heterocycles. The molecule has 0 amide bonds. The average Bonchev–Trinajstić information content (AvgIpc) is 3.66. The van der Waals surface area contributed by atoms with Gasteiger partial charge in [0.1, 0.15) is 35.6 Å². The van der Waals surface area contributed by atoms with Crippen molar-refractivity contribution in [2.24, 2.45) is 0 Å². The third-order valence-electron chi connectivity index (χ3n) is 10.1. The molecule has 8 rings (SSSR count). The summed E-state index contributed by atoms with van der Waals surface area (Å²) in [4.78, 5) is 13.9. The number of fused-ring (bicyclic) bond motifs is 5. The first-order chi connectivity index (χ1) is 21.8. The van der Waals surface area contributed by atoms with Crippen molar-refractivity contribution in [2.75, 3.05) is 44.3 Å². The number of nitrogens with one attached hydrogen (secondary N) is 1. The minimum absolute atomic E-state index is 0.0199. The van der Waals surface area contributed by atoms with Crippen molar-refractivity contribution in [1.82, 2.24) is 20.2 Å². The molecule has 4 aliphatic rings. The first-order valence-electron chi connectivity index (χ1n) is 15.9. The molecule has 0 aliphatic carbocycles. The molecule has 0 radical (unpaired) electrons. The Hall–Kier alpha value is -3.47. The summed E-state index contributed by atoms with van der Waals surface area (Å²) in [6, 6.07) is 11.0. The Morgan fingerprint density at radius 1 is 1.11 bits per heavy atom. The SMILES string of the molecule is CCOc1cc2c(N3CC4CCC(C3)N4)nc(OC[C@@]34CCCN3C[C@H](F)C4)nc2c(F)c1-c1cc(O)cc2cccc(Cl)c12. The Bertz CT molecular complexity index is 1800. The molecule has 2 unspecified atom stereocenters. The third-order valence-corrected chi connectivity index (χ3v) is 10.4. The van der Waals surface area contributed by atoms with E-state index in [2.05, 4.69) is 20.1 Å². The summed E-state index contributed by atoms with van der Waals surface area (Å²) in [6.07, 6.45) is 3.50. The van der Waals surface area contributed by atoms with Crippen LogP contribution in [0.4, 0.5) is 14.6 Å². The van der Waals surface area contributed by atoms with Crippen LogP contribution in [0.15, 0.2) is 36.4 Å². The zero-order valence-electron chi connectivity index (χ0n) is 25.2. The topological polar surface area (TPSA) is 83.0 Å². The molecule has 4 aliphatic heterocycles. The van der Waals surface area contributed by atoms with E-state index in [1.165, 1.54) is 6.07 Å². The smallest absolute Gasteiger partial charge is 0.319 e. The molecule has 236 valence electrons. The quantitative estimate of drug-likeness (QED) is 0.247. The van der Waals surface area contributed by atoms with E-state index in [9.17, 15) is 9.50 Å². The van der Waals surface area contributed by atoms with Crippen LogP contribution in [-0.2, 0) is 0 Å². The number of benzene rings is 3. The maximum Gasteiger partial charge on any atom is 0.319 e. The zero-order valence-corrected chi connectivity index (χ0v) is 25.9. The molecule has 1 aromatic heterocycles. The lowest BCUT2D eigenvalue weighted by Gasteiger charge is -2.35. The molecular formula is C34H36ClF2N5O3. The van der Waals surface area contributed by atoms with Gasteiger partial charge in [0.25, 0.3) is 0 Å². The first kappa shape index (κ1) is 29.0. The lowest BCUT2D eigenvalue weighted by Crippen LogP contribution is -2.51. The second kappa shape index (κ2) is 11.1. The van der Waals surface area contributed by atoms with Crippen LogP contribution in [0.1, 0.15) is 39.0 Å². The summed E-state index contributed by atoms with van der Waals surface area (Å²) in [6.45, 7) is 5.09. The van der Waals surface area contributed by atoms with Crippen molar-refractivity contribution in [3.05, 3.63) is 47.2 Å². The highest BCUT2D eigenvalue weighted by molar-refractivity contribution is 6.36. The maximum atomic E-state index is 17.2. The molecule has 2 N–H and O–H groups in total. The van der Waals surface area contributed by atoms with E-state index in [-0.39, 0.29) is 29.4 Å². The van der Waals surface area contributed by atoms with Crippen molar-refractivity contribution in [2.45, 2.75) is 62.8 Å². The highest BCUT2D eigenvalue weighted by Gasteiger charge is 2.49. The van der Waals surface area contributed by atoms with Gasteiger partial charge in [-0.25, -0.2) is 8.78 Å². The summed E-state index contributed by atoms with van der Waals surface area (Å²) >= 11 is 6.67. The van der Waals surface area contributed by atoms with Crippen LogP contribution in [0, 0.1) is 5.82 Å². The summed E-state index contributed by atoms with van der Waals surface area (Å²) in [5, 5.41) is 16.5. The molecule has 5 heterocycles. The molecule has 4 fully saturated rings. The number of alkyl halides is 1. The number of anilines is 1. The van der Waals surface area contributed by atoms with Gasteiger partial charge in [0.15, 0.2) is 5.82 Å². The fraction of sp³-hybridized carbons (Fsp3) is 0.471. The largest absolute Gasteiger partial charge is 0.508 e. The Labute approximate surface area is 265 Å². The fourth-order valence-electron chi connectivity index (χ4n) is 8.17. The minimum Gasteiger partial charge on any atom is -0.508 e. The van der Waals surface area contributed by atoms with Crippen molar-refractivity contribution in [3.8, 4) is 28.6 Å². The van der Waals surface area contributed by atoms with E-state index in [0.717, 1.165) is 45.3 Å². The number of hydrogen-bond donors (Lipinski definition) is 2. The Morgan fingerprint density at radius 3 is 2.73 bits per heavy atom. The second-order valence-corrected chi connectivity index (χ2v) is 13.4. The van der Waals surface area contributed by atoms with Crippen LogP contribution in [0.2, 0.25) is 5.02 Å². The number of phenolic OH excluding ortho intramolecular Hbond substituents is 1. The molecule has 8 nitrogen and oxygen atoms in total. The lowest BCUT2D eigenvalue weighted by atomic mass is 9.95. The molecule has 4 atom stereocenters. The number of halogens is 3. The van der Waals surface area contributed by atoms with E-state index in [1.54, 1.807) is 24.3 Å². The van der Waals surface area contributed by atoms with E-state index in [1.807, 2.05) is 13.0 Å². The van der Waals surface area contributed by atoms with Gasteiger partial charge in [-0.2, -0.15) is 9.97 Å². The molecule has 45 heavy (non-hydrogen) atoms. The standard InChI is InChI=1S/C34H36ClF2N5O3/c1-2-44-27-13-25-31(30(37)29(27)24-12-23(43)11-19-5-3-6-26(35)28(19)24)39-33(40-32(25)41-16-21-7-8-22(17-41)38-21)45-18-34-9-4-10-42(34)15-20(36)14-34/h3,5-6,11-13,20-22,38,43H,2,4,7-10,14-18H2,1H3/t20-,21?,22?,34+/m1/s1. The van der Waals surface area contributed by atoms with Gasteiger partial charge in [-0.1, -0.05) is 23.7 Å². The van der Waals surface area contributed by atoms with Crippen LogP contribution in [0.5, 0.6) is 17.5 Å². The number of hydrogen-bond acceptors (Lipinski definition) is 8. The monoisotopic (exact) mass is 635 g/mol. The molecule has 3 aromatic carbocycles. The number of ether oxygens (including phenoxy) is 2. The maximum absolute atomic E-state index is 17.2. The highest BCUT2D eigenvalue weighted by atomic mass is 35.5. The second-order valence-electron chi connectivity index (χ2n) is 13.0. The number of rotatable bonds is 7. The summed E-state index contributed by atoms with van der Waals surface area (Å²) in [7, 11) is 0. The van der Waals surface area contributed by atoms with Crippen molar-refractivity contribution >= 4 is 39.1 Å². The van der Waals surface area contributed by atoms with Crippen LogP contribution in [-0.4, -0.2) is 83.2 Å². The minimum atomic E-state index is -0.890. The highest BCUT2D eigenvalue weighted by Crippen LogP contribution is 2.46. The normalized spacial score (nSPS) is 26.2. The van der Waals surface area contributed by atoms with Crippen LogP contribution < -0.4 is 19.7 Å². The van der Waals surface area contributed by atoms with Crippen LogP contribution in [0.3, 0.4) is 0 Å². The van der Waals surface area contributed by atoms with Gasteiger partial charge in [-0.05, 0) is 68.8 Å². The third kappa shape index (κ3) is 4.93. The zero-order chi connectivity index (χ0) is 30.9. The van der Waals surface area contributed by atoms with Gasteiger partial charge in [-0.3, -0.25) is 4.90 Å². The average molecular weight is 636 g/mol. The predicted octanol–water partition coefficient (Wildman–Crippen LogP) is 6.24. The van der Waals surface area contributed by atoms with Gasteiger partial charge in [-0.15, -0.1) is 0 Å². The van der Waals surface area contributed by atoms with E-state index < -0.39 is 17.5 Å². The number of phenols is 1.